The van der Waals surface area contributed by atoms with Crippen LogP contribution in [0.25, 0.3) is 0 Å². The van der Waals surface area contributed by atoms with E-state index >= 15 is 0 Å². The Hall–Kier alpha value is -1.73. The smallest absolute Gasteiger partial charge is 0.315 e. The van der Waals surface area contributed by atoms with E-state index in [2.05, 4.69) is 34.6 Å². The monoisotopic (exact) mass is 327 g/mol. The molecule has 0 bridgehead atoms. The van der Waals surface area contributed by atoms with Crippen LogP contribution in [0.5, 0.6) is 0 Å². The van der Waals surface area contributed by atoms with Crippen LogP contribution in [0.1, 0.15) is 18.9 Å². The van der Waals surface area contributed by atoms with Crippen molar-refractivity contribution in [3.63, 3.8) is 0 Å². The molecule has 2 rings (SSSR count). The van der Waals surface area contributed by atoms with Gasteiger partial charge in [0.15, 0.2) is 0 Å². The highest BCUT2D eigenvalue weighted by molar-refractivity contribution is 5.74. The molecule has 0 spiro atoms. The number of aliphatic hydroxyl groups excluding tert-OH is 1. The Labute approximate surface area is 134 Å². The molecule has 128 valence electrons. The first-order valence-electron chi connectivity index (χ1n) is 7.70. The van der Waals surface area contributed by atoms with Crippen LogP contribution in [0, 0.1) is 0 Å². The lowest BCUT2D eigenvalue weighted by Gasteiger charge is -2.21. The number of carbonyl (C=O) groups is 1. The van der Waals surface area contributed by atoms with Crippen LogP contribution in [0.4, 0.5) is 13.6 Å². The highest BCUT2D eigenvalue weighted by Gasteiger charge is 2.31. The molecular formula is C16H23F2N3O2. The van der Waals surface area contributed by atoms with Gasteiger partial charge in [0.1, 0.15) is 6.61 Å². The maximum Gasteiger partial charge on any atom is 0.315 e. The lowest BCUT2D eigenvalue weighted by molar-refractivity contribution is -0.0454. The Bertz CT molecular complexity index is 513. The maximum absolute atomic E-state index is 12.9. The van der Waals surface area contributed by atoms with E-state index in [0.29, 0.717) is 12.6 Å². The van der Waals surface area contributed by atoms with Crippen LogP contribution in [0.2, 0.25) is 0 Å². The van der Waals surface area contributed by atoms with E-state index < -0.39 is 25.1 Å². The summed E-state index contributed by atoms with van der Waals surface area (Å²) in [5.41, 5.74) is 1.20. The molecule has 23 heavy (non-hydrogen) atoms. The molecule has 1 fully saturated rings. The molecule has 0 unspecified atom stereocenters. The Morgan fingerprint density at radius 1 is 1.39 bits per heavy atom. The summed E-state index contributed by atoms with van der Waals surface area (Å²) in [5.74, 6) is -3.29. The molecule has 0 aromatic heterocycles. The number of rotatable bonds is 6. The van der Waals surface area contributed by atoms with E-state index in [1.165, 1.54) is 5.56 Å². The van der Waals surface area contributed by atoms with Gasteiger partial charge in [-0.2, -0.15) is 0 Å². The molecule has 5 nitrogen and oxygen atoms in total. The van der Waals surface area contributed by atoms with Crippen molar-refractivity contribution in [2.75, 3.05) is 19.7 Å². The SMILES string of the molecule is C[C@@H]1C[C@@H](NC(=O)NCC(F)(F)CO)CN1Cc1ccccc1. The molecule has 3 N–H and O–H groups in total. The molecule has 1 aliphatic rings. The Kier molecular flexibility index (Phi) is 5.90. The number of hydrogen-bond donors (Lipinski definition) is 3. The molecule has 1 heterocycles. The molecule has 1 aliphatic heterocycles. The molecular weight excluding hydrogens is 304 g/mol. The second-order valence-corrected chi connectivity index (χ2v) is 6.04. The highest BCUT2D eigenvalue weighted by atomic mass is 19.3. The summed E-state index contributed by atoms with van der Waals surface area (Å²) >= 11 is 0. The number of benzene rings is 1. The summed E-state index contributed by atoms with van der Waals surface area (Å²) in [6.45, 7) is 1.41. The molecule has 1 aromatic carbocycles. The van der Waals surface area contributed by atoms with Crippen molar-refractivity contribution < 1.29 is 18.7 Å². The summed E-state index contributed by atoms with van der Waals surface area (Å²) in [5, 5.41) is 13.3. The zero-order valence-corrected chi connectivity index (χ0v) is 13.1. The quantitative estimate of drug-likeness (QED) is 0.743. The van der Waals surface area contributed by atoms with Gasteiger partial charge in [0, 0.05) is 25.2 Å². The number of hydrogen-bond acceptors (Lipinski definition) is 3. The van der Waals surface area contributed by atoms with Gasteiger partial charge in [-0.25, -0.2) is 13.6 Å². The fourth-order valence-corrected chi connectivity index (χ4v) is 2.74. The van der Waals surface area contributed by atoms with Crippen molar-refractivity contribution >= 4 is 6.03 Å². The number of alkyl halides is 2. The number of nitrogens with zero attached hydrogens (tertiary/aromatic N) is 1. The van der Waals surface area contributed by atoms with E-state index in [-0.39, 0.29) is 6.04 Å². The van der Waals surface area contributed by atoms with E-state index in [0.717, 1.165) is 13.0 Å². The average molecular weight is 327 g/mol. The largest absolute Gasteiger partial charge is 0.390 e. The number of urea groups is 1. The van der Waals surface area contributed by atoms with Crippen molar-refractivity contribution in [1.82, 2.24) is 15.5 Å². The summed E-state index contributed by atoms with van der Waals surface area (Å²) in [4.78, 5) is 13.9. The van der Waals surface area contributed by atoms with Gasteiger partial charge in [-0.1, -0.05) is 30.3 Å². The normalized spacial score (nSPS) is 22.1. The zero-order valence-electron chi connectivity index (χ0n) is 13.1. The molecule has 0 aliphatic carbocycles. The first-order chi connectivity index (χ1) is 10.9. The second kappa shape index (κ2) is 7.70. The molecule has 1 saturated heterocycles. The minimum Gasteiger partial charge on any atom is -0.390 e. The summed E-state index contributed by atoms with van der Waals surface area (Å²) in [6, 6.07) is 9.65. The van der Waals surface area contributed by atoms with Crippen LogP contribution in [-0.2, 0) is 6.54 Å². The third-order valence-electron chi connectivity index (χ3n) is 4.01. The molecule has 2 amide bonds. The second-order valence-electron chi connectivity index (χ2n) is 6.04. The zero-order chi connectivity index (χ0) is 16.9. The van der Waals surface area contributed by atoms with Crippen LogP contribution in [0.15, 0.2) is 30.3 Å². The first-order valence-corrected chi connectivity index (χ1v) is 7.70. The topological polar surface area (TPSA) is 64.6 Å². The van der Waals surface area contributed by atoms with Gasteiger partial charge in [0.2, 0.25) is 0 Å². The Morgan fingerprint density at radius 2 is 2.09 bits per heavy atom. The summed E-state index contributed by atoms with van der Waals surface area (Å²) in [6.07, 6.45) is 0.774. The van der Waals surface area contributed by atoms with Gasteiger partial charge in [-0.05, 0) is 18.9 Å². The Morgan fingerprint density at radius 3 is 2.74 bits per heavy atom. The van der Waals surface area contributed by atoms with E-state index in [1.54, 1.807) is 0 Å². The van der Waals surface area contributed by atoms with Gasteiger partial charge < -0.3 is 15.7 Å². The Balaban J connectivity index is 1.78. The third kappa shape index (κ3) is 5.44. The average Bonchev–Trinajstić information content (AvgIpc) is 2.86. The minimum atomic E-state index is -3.29. The fraction of sp³-hybridized carbons (Fsp3) is 0.562. The van der Waals surface area contributed by atoms with Crippen molar-refractivity contribution in [3.05, 3.63) is 35.9 Å². The lowest BCUT2D eigenvalue weighted by Crippen LogP contribution is -2.47. The van der Waals surface area contributed by atoms with Crippen molar-refractivity contribution in [1.29, 1.82) is 0 Å². The van der Waals surface area contributed by atoms with Crippen molar-refractivity contribution in [3.8, 4) is 0 Å². The third-order valence-corrected chi connectivity index (χ3v) is 4.01. The molecule has 2 atom stereocenters. The van der Waals surface area contributed by atoms with Crippen LogP contribution >= 0.6 is 0 Å². The van der Waals surface area contributed by atoms with Gasteiger partial charge >= 0.3 is 6.03 Å². The minimum absolute atomic E-state index is 0.0727. The molecule has 7 heteroatoms. The standard InChI is InChI=1S/C16H23F2N3O2/c1-12-7-14(20-15(23)19-10-16(17,18)11-22)9-21(12)8-13-5-3-2-4-6-13/h2-6,12,14,22H,7-11H2,1H3,(H2,19,20,23)/t12-,14-/m1/s1. The number of aliphatic hydroxyl groups is 1. The van der Waals surface area contributed by atoms with Gasteiger partial charge in [-0.15, -0.1) is 0 Å². The first kappa shape index (κ1) is 17.6. The number of nitrogens with one attached hydrogen (secondary N) is 2. The van der Waals surface area contributed by atoms with Gasteiger partial charge in [0.25, 0.3) is 5.92 Å². The number of likely N-dealkylation sites (tertiary alicyclic amines) is 1. The van der Waals surface area contributed by atoms with Gasteiger partial charge in [-0.3, -0.25) is 4.90 Å². The van der Waals surface area contributed by atoms with Crippen molar-refractivity contribution in [2.45, 2.75) is 37.9 Å². The van der Waals surface area contributed by atoms with Crippen LogP contribution < -0.4 is 10.6 Å². The van der Waals surface area contributed by atoms with E-state index in [1.807, 2.05) is 18.2 Å². The molecule has 0 radical (unpaired) electrons. The van der Waals surface area contributed by atoms with Crippen LogP contribution in [-0.4, -0.2) is 53.7 Å². The molecule has 1 aromatic rings. The molecule has 0 saturated carbocycles. The van der Waals surface area contributed by atoms with Gasteiger partial charge in [0.05, 0.1) is 6.54 Å². The maximum atomic E-state index is 12.9. The predicted molar refractivity (Wildman–Crippen MR) is 83.3 cm³/mol. The predicted octanol–water partition coefficient (Wildman–Crippen LogP) is 1.58. The number of amides is 2. The van der Waals surface area contributed by atoms with E-state index in [4.69, 9.17) is 5.11 Å². The number of carbonyl (C=O) groups excluding carboxylic acids is 1. The highest BCUT2D eigenvalue weighted by Crippen LogP contribution is 2.20. The summed E-state index contributed by atoms with van der Waals surface area (Å²) in [7, 11) is 0. The fourth-order valence-electron chi connectivity index (χ4n) is 2.74. The number of halogens is 2. The van der Waals surface area contributed by atoms with Crippen LogP contribution in [0.3, 0.4) is 0 Å². The van der Waals surface area contributed by atoms with Crippen molar-refractivity contribution in [2.24, 2.45) is 0 Å². The van der Waals surface area contributed by atoms with E-state index in [9.17, 15) is 13.6 Å². The lowest BCUT2D eigenvalue weighted by atomic mass is 10.2. The summed E-state index contributed by atoms with van der Waals surface area (Å²) < 4.78 is 25.8.